The number of nitrogens with one attached hydrogen (secondary N) is 1. The number of hydrogen-bond acceptors (Lipinski definition) is 3. The van der Waals surface area contributed by atoms with Crippen LogP contribution in [0.4, 0.5) is 0 Å². The monoisotopic (exact) mass is 287 g/mol. The van der Waals surface area contributed by atoms with Crippen LogP contribution in [-0.4, -0.2) is 13.7 Å². The van der Waals surface area contributed by atoms with Crippen LogP contribution in [0, 0.1) is 6.92 Å². The van der Waals surface area contributed by atoms with Crippen molar-refractivity contribution in [3.8, 4) is 0 Å². The third kappa shape index (κ3) is 2.27. The van der Waals surface area contributed by atoms with Crippen molar-refractivity contribution in [1.82, 2.24) is 5.32 Å². The Morgan fingerprint density at radius 1 is 1.60 bits per heavy atom. The van der Waals surface area contributed by atoms with Gasteiger partial charge in [0.25, 0.3) is 0 Å². The van der Waals surface area contributed by atoms with E-state index in [1.807, 2.05) is 7.05 Å². The first-order valence-corrected chi connectivity index (χ1v) is 6.59. The zero-order valence-corrected chi connectivity index (χ0v) is 11.2. The Balaban J connectivity index is 2.26. The molecule has 2 heterocycles. The minimum atomic E-state index is 0.211. The molecule has 2 rings (SSSR count). The fourth-order valence-electron chi connectivity index (χ4n) is 1.69. The summed E-state index contributed by atoms with van der Waals surface area (Å²) in [4.78, 5) is 1.30. The smallest absolute Gasteiger partial charge is 0.114 e. The molecule has 0 spiro atoms. The molecule has 0 bridgehead atoms. The third-order valence-corrected chi connectivity index (χ3v) is 4.67. The molecule has 1 atom stereocenters. The van der Waals surface area contributed by atoms with E-state index >= 15 is 0 Å². The molecule has 82 valence electrons. The molecular weight excluding hydrogens is 274 g/mol. The first kappa shape index (κ1) is 11.2. The van der Waals surface area contributed by atoms with E-state index in [1.165, 1.54) is 14.2 Å². The summed E-state index contributed by atoms with van der Waals surface area (Å²) in [5.74, 6) is 1.06. The predicted molar refractivity (Wildman–Crippen MR) is 67.2 cm³/mol. The predicted octanol–water partition coefficient (Wildman–Crippen LogP) is 3.38. The second-order valence-electron chi connectivity index (χ2n) is 3.57. The van der Waals surface area contributed by atoms with E-state index in [4.69, 9.17) is 4.74 Å². The molecule has 2 nitrogen and oxygen atoms in total. The largest absolute Gasteiger partial charge is 0.496 e. The van der Waals surface area contributed by atoms with Gasteiger partial charge >= 0.3 is 0 Å². The van der Waals surface area contributed by atoms with Crippen LogP contribution in [0.15, 0.2) is 21.7 Å². The highest BCUT2D eigenvalue weighted by Crippen LogP contribution is 2.35. The van der Waals surface area contributed by atoms with Crippen molar-refractivity contribution in [3.63, 3.8) is 0 Å². The quantitative estimate of drug-likeness (QED) is 0.920. The van der Waals surface area contributed by atoms with Gasteiger partial charge in [0.15, 0.2) is 0 Å². The van der Waals surface area contributed by atoms with Crippen LogP contribution in [0.25, 0.3) is 0 Å². The molecule has 0 aromatic carbocycles. The second-order valence-corrected chi connectivity index (χ2v) is 5.97. The van der Waals surface area contributed by atoms with Crippen LogP contribution in [0.3, 0.4) is 0 Å². The van der Waals surface area contributed by atoms with Gasteiger partial charge in [0.05, 0.1) is 16.4 Å². The van der Waals surface area contributed by atoms with E-state index in [-0.39, 0.29) is 6.04 Å². The van der Waals surface area contributed by atoms with Gasteiger partial charge in [0.1, 0.15) is 5.76 Å². The summed E-state index contributed by atoms with van der Waals surface area (Å²) in [7, 11) is 1.97. The van der Waals surface area contributed by atoms with Gasteiger partial charge in [0, 0.05) is 11.3 Å². The van der Waals surface area contributed by atoms with Crippen molar-refractivity contribution in [2.75, 3.05) is 13.7 Å². The summed E-state index contributed by atoms with van der Waals surface area (Å²) in [6.45, 7) is 2.93. The van der Waals surface area contributed by atoms with Crippen molar-refractivity contribution < 1.29 is 4.74 Å². The number of likely N-dealkylation sites (N-methyl/N-ethyl adjacent to an activating group) is 1. The van der Waals surface area contributed by atoms with Crippen LogP contribution in [0.2, 0.25) is 0 Å². The van der Waals surface area contributed by atoms with Gasteiger partial charge in [-0.05, 0) is 47.6 Å². The van der Waals surface area contributed by atoms with Crippen LogP contribution in [0.1, 0.15) is 22.9 Å². The lowest BCUT2D eigenvalue weighted by Gasteiger charge is -2.15. The van der Waals surface area contributed by atoms with E-state index < -0.39 is 0 Å². The molecule has 0 amide bonds. The van der Waals surface area contributed by atoms with E-state index in [0.717, 1.165) is 18.8 Å². The molecule has 1 N–H and O–H groups in total. The molecule has 1 unspecified atom stereocenters. The molecule has 1 aliphatic rings. The van der Waals surface area contributed by atoms with Gasteiger partial charge < -0.3 is 10.1 Å². The van der Waals surface area contributed by atoms with E-state index in [9.17, 15) is 0 Å². The normalized spacial score (nSPS) is 17.4. The van der Waals surface area contributed by atoms with Crippen molar-refractivity contribution in [2.45, 2.75) is 19.4 Å². The first-order valence-electron chi connectivity index (χ1n) is 4.98. The Bertz CT molecular complexity index is 366. The average Bonchev–Trinajstić information content (AvgIpc) is 2.80. The number of aryl methyl sites for hydroxylation is 1. The average molecular weight is 288 g/mol. The maximum atomic E-state index is 5.60. The van der Waals surface area contributed by atoms with Crippen LogP contribution in [0.5, 0.6) is 0 Å². The Morgan fingerprint density at radius 3 is 2.87 bits per heavy atom. The number of halogens is 1. The van der Waals surface area contributed by atoms with Crippen molar-refractivity contribution in [1.29, 1.82) is 0 Å². The Labute approximate surface area is 102 Å². The van der Waals surface area contributed by atoms with Gasteiger partial charge in [-0.1, -0.05) is 0 Å². The van der Waals surface area contributed by atoms with Crippen LogP contribution in [-0.2, 0) is 4.74 Å². The van der Waals surface area contributed by atoms with Gasteiger partial charge in [0.2, 0.25) is 0 Å². The van der Waals surface area contributed by atoms with E-state index in [2.05, 4.69) is 40.3 Å². The summed E-state index contributed by atoms with van der Waals surface area (Å²) in [5.41, 5.74) is 1.29. The van der Waals surface area contributed by atoms with Crippen molar-refractivity contribution in [2.24, 2.45) is 0 Å². The van der Waals surface area contributed by atoms with E-state index in [1.54, 1.807) is 11.3 Å². The SMILES string of the molecule is CNC(C1=CCCO1)c1cc(C)c(Br)s1. The lowest BCUT2D eigenvalue weighted by Crippen LogP contribution is -2.17. The molecule has 1 aromatic rings. The molecule has 0 saturated heterocycles. The number of thiophene rings is 1. The molecule has 0 aliphatic carbocycles. The maximum absolute atomic E-state index is 5.60. The summed E-state index contributed by atoms with van der Waals surface area (Å²) in [6.07, 6.45) is 3.20. The zero-order chi connectivity index (χ0) is 10.8. The summed E-state index contributed by atoms with van der Waals surface area (Å²) < 4.78 is 6.80. The third-order valence-electron chi connectivity index (χ3n) is 2.47. The molecule has 1 aliphatic heterocycles. The fourth-order valence-corrected chi connectivity index (χ4v) is 3.38. The second kappa shape index (κ2) is 4.68. The van der Waals surface area contributed by atoms with Gasteiger partial charge in [-0.3, -0.25) is 0 Å². The Morgan fingerprint density at radius 2 is 2.40 bits per heavy atom. The highest BCUT2D eigenvalue weighted by atomic mass is 79.9. The zero-order valence-electron chi connectivity index (χ0n) is 8.84. The summed E-state index contributed by atoms with van der Waals surface area (Å²) >= 11 is 5.32. The molecule has 15 heavy (non-hydrogen) atoms. The van der Waals surface area contributed by atoms with Crippen molar-refractivity contribution in [3.05, 3.63) is 32.1 Å². The molecule has 0 fully saturated rings. The number of hydrogen-bond donors (Lipinski definition) is 1. The van der Waals surface area contributed by atoms with Crippen LogP contribution >= 0.6 is 27.3 Å². The Hall–Kier alpha value is -0.320. The molecule has 0 saturated carbocycles. The molecule has 4 heteroatoms. The standard InChI is InChI=1S/C11H14BrNOS/c1-7-6-9(15-11(7)12)10(13-2)8-4-3-5-14-8/h4,6,10,13H,3,5H2,1-2H3. The minimum absolute atomic E-state index is 0.211. The molecule has 0 radical (unpaired) electrons. The number of ether oxygens (including phenoxy) is 1. The first-order chi connectivity index (χ1) is 7.22. The number of rotatable bonds is 3. The lowest BCUT2D eigenvalue weighted by molar-refractivity contribution is 0.219. The van der Waals surface area contributed by atoms with Gasteiger partial charge in [-0.15, -0.1) is 11.3 Å². The highest BCUT2D eigenvalue weighted by Gasteiger charge is 2.21. The van der Waals surface area contributed by atoms with Gasteiger partial charge in [-0.25, -0.2) is 0 Å². The summed E-state index contributed by atoms with van der Waals surface area (Å²) in [6, 6.07) is 2.42. The molecular formula is C11H14BrNOS. The highest BCUT2D eigenvalue weighted by molar-refractivity contribution is 9.11. The van der Waals surface area contributed by atoms with E-state index in [0.29, 0.717) is 0 Å². The fraction of sp³-hybridized carbons (Fsp3) is 0.455. The topological polar surface area (TPSA) is 21.3 Å². The summed E-state index contributed by atoms with van der Waals surface area (Å²) in [5, 5.41) is 3.30. The molecule has 1 aromatic heterocycles. The lowest BCUT2D eigenvalue weighted by atomic mass is 10.2. The Kier molecular flexibility index (Phi) is 3.49. The van der Waals surface area contributed by atoms with Crippen LogP contribution < -0.4 is 5.32 Å². The maximum Gasteiger partial charge on any atom is 0.114 e. The minimum Gasteiger partial charge on any atom is -0.496 e. The van der Waals surface area contributed by atoms with Crippen molar-refractivity contribution >= 4 is 27.3 Å². The van der Waals surface area contributed by atoms with Gasteiger partial charge in [-0.2, -0.15) is 0 Å².